The maximum absolute atomic E-state index is 12.5. The average Bonchev–Trinajstić information content (AvgIpc) is 2.79. The SMILES string of the molecule is CN1CCC(NC(=O)c2sc3ccc(Br)cc3c2N)CC1. The number of nitrogens with zero attached hydrogens (tertiary/aromatic N) is 1. The first-order valence-corrected chi connectivity index (χ1v) is 8.62. The Balaban J connectivity index is 1.80. The molecule has 1 aliphatic rings. The number of nitrogen functional groups attached to an aromatic ring is 1. The zero-order valence-corrected chi connectivity index (χ0v) is 14.3. The zero-order chi connectivity index (χ0) is 15.0. The van der Waals surface area contributed by atoms with Gasteiger partial charge in [0.25, 0.3) is 5.91 Å². The maximum Gasteiger partial charge on any atom is 0.263 e. The molecule has 1 amide bonds. The third-order valence-corrected chi connectivity index (χ3v) is 5.63. The van der Waals surface area contributed by atoms with Crippen molar-refractivity contribution in [3.05, 3.63) is 27.5 Å². The molecule has 0 saturated carbocycles. The van der Waals surface area contributed by atoms with Gasteiger partial charge in [0, 0.05) is 20.6 Å². The molecule has 1 aromatic carbocycles. The number of likely N-dealkylation sites (tertiary alicyclic amines) is 1. The number of anilines is 1. The molecule has 1 saturated heterocycles. The second kappa shape index (κ2) is 5.94. The van der Waals surface area contributed by atoms with Gasteiger partial charge >= 0.3 is 0 Å². The number of nitrogens with two attached hydrogens (primary N) is 1. The number of nitrogens with one attached hydrogen (secondary N) is 1. The molecular weight excluding hydrogens is 350 g/mol. The van der Waals surface area contributed by atoms with Crippen LogP contribution in [0.25, 0.3) is 10.1 Å². The number of hydrogen-bond donors (Lipinski definition) is 2. The van der Waals surface area contributed by atoms with Gasteiger partial charge in [-0.1, -0.05) is 15.9 Å². The summed E-state index contributed by atoms with van der Waals surface area (Å²) in [7, 11) is 2.11. The molecule has 0 aliphatic carbocycles. The van der Waals surface area contributed by atoms with E-state index in [1.54, 1.807) is 0 Å². The van der Waals surface area contributed by atoms with Crippen molar-refractivity contribution in [2.45, 2.75) is 18.9 Å². The predicted octanol–water partition coefficient (Wildman–Crippen LogP) is 3.07. The minimum absolute atomic E-state index is 0.0422. The van der Waals surface area contributed by atoms with Gasteiger partial charge < -0.3 is 16.0 Å². The predicted molar refractivity (Wildman–Crippen MR) is 91.9 cm³/mol. The van der Waals surface area contributed by atoms with Crippen molar-refractivity contribution in [2.24, 2.45) is 0 Å². The molecule has 2 heterocycles. The van der Waals surface area contributed by atoms with Crippen LogP contribution in [-0.4, -0.2) is 37.0 Å². The third-order valence-electron chi connectivity index (χ3n) is 3.95. The summed E-state index contributed by atoms with van der Waals surface area (Å²) in [5.41, 5.74) is 6.74. The Labute approximate surface area is 136 Å². The van der Waals surface area contributed by atoms with Gasteiger partial charge in [-0.15, -0.1) is 11.3 Å². The van der Waals surface area contributed by atoms with Crippen LogP contribution in [0.4, 0.5) is 5.69 Å². The monoisotopic (exact) mass is 367 g/mol. The van der Waals surface area contributed by atoms with Crippen molar-refractivity contribution in [1.82, 2.24) is 10.2 Å². The molecular formula is C15H18BrN3OS. The number of hydrogen-bond acceptors (Lipinski definition) is 4. The van der Waals surface area contributed by atoms with Crippen LogP contribution in [0.3, 0.4) is 0 Å². The maximum atomic E-state index is 12.5. The molecule has 1 aliphatic heterocycles. The Hall–Kier alpha value is -1.11. The third kappa shape index (κ3) is 3.07. The van der Waals surface area contributed by atoms with Crippen molar-refractivity contribution in [3.63, 3.8) is 0 Å². The number of benzene rings is 1. The molecule has 6 heteroatoms. The number of halogens is 1. The van der Waals surface area contributed by atoms with E-state index in [-0.39, 0.29) is 11.9 Å². The van der Waals surface area contributed by atoms with E-state index in [2.05, 4.69) is 33.2 Å². The average molecular weight is 368 g/mol. The van der Waals surface area contributed by atoms with Crippen LogP contribution >= 0.6 is 27.3 Å². The van der Waals surface area contributed by atoms with E-state index in [0.717, 1.165) is 40.5 Å². The van der Waals surface area contributed by atoms with E-state index in [4.69, 9.17) is 5.73 Å². The molecule has 1 aromatic heterocycles. The summed E-state index contributed by atoms with van der Waals surface area (Å²) in [4.78, 5) is 15.4. The molecule has 3 N–H and O–H groups in total. The fourth-order valence-electron chi connectivity index (χ4n) is 2.66. The number of rotatable bonds is 2. The Morgan fingerprint density at radius 2 is 2.14 bits per heavy atom. The van der Waals surface area contributed by atoms with E-state index in [1.165, 1.54) is 11.3 Å². The number of carbonyl (C=O) groups is 1. The van der Waals surface area contributed by atoms with Gasteiger partial charge in [-0.2, -0.15) is 0 Å². The molecule has 0 radical (unpaired) electrons. The van der Waals surface area contributed by atoms with Gasteiger partial charge in [-0.25, -0.2) is 0 Å². The molecule has 0 spiro atoms. The summed E-state index contributed by atoms with van der Waals surface area (Å²) in [6, 6.07) is 6.18. The Kier molecular flexibility index (Phi) is 4.19. The lowest BCUT2D eigenvalue weighted by Gasteiger charge is -2.29. The summed E-state index contributed by atoms with van der Waals surface area (Å²) in [5.74, 6) is -0.0422. The number of fused-ring (bicyclic) bond motifs is 1. The number of piperidine rings is 1. The standard InChI is InChI=1S/C15H18BrN3OS/c1-19-6-4-10(5-7-19)18-15(20)14-13(17)11-8-9(16)2-3-12(11)21-14/h2-3,8,10H,4-7,17H2,1H3,(H,18,20). The van der Waals surface area contributed by atoms with Crippen molar-refractivity contribution < 1.29 is 4.79 Å². The van der Waals surface area contributed by atoms with E-state index in [0.29, 0.717) is 10.6 Å². The number of thiophene rings is 1. The molecule has 0 bridgehead atoms. The topological polar surface area (TPSA) is 58.4 Å². The van der Waals surface area contributed by atoms with E-state index in [9.17, 15) is 4.79 Å². The second-order valence-electron chi connectivity index (χ2n) is 5.54. The van der Waals surface area contributed by atoms with E-state index >= 15 is 0 Å². The van der Waals surface area contributed by atoms with Gasteiger partial charge in [0.05, 0.1) is 5.69 Å². The lowest BCUT2D eigenvalue weighted by Crippen LogP contribution is -2.43. The lowest BCUT2D eigenvalue weighted by atomic mass is 10.1. The quantitative estimate of drug-likeness (QED) is 0.857. The number of amides is 1. The second-order valence-corrected chi connectivity index (χ2v) is 7.50. The first-order valence-electron chi connectivity index (χ1n) is 7.01. The first kappa shape index (κ1) is 14.8. The van der Waals surface area contributed by atoms with Crippen LogP contribution in [0.1, 0.15) is 22.5 Å². The normalized spacial score (nSPS) is 17.2. The van der Waals surface area contributed by atoms with Gasteiger partial charge in [-0.3, -0.25) is 4.79 Å². The van der Waals surface area contributed by atoms with Crippen LogP contribution in [0.5, 0.6) is 0 Å². The molecule has 1 fully saturated rings. The van der Waals surface area contributed by atoms with Crippen molar-refractivity contribution in [1.29, 1.82) is 0 Å². The van der Waals surface area contributed by atoms with Crippen molar-refractivity contribution in [2.75, 3.05) is 25.9 Å². The summed E-state index contributed by atoms with van der Waals surface area (Å²) in [5, 5.41) is 4.07. The van der Waals surface area contributed by atoms with Crippen LogP contribution in [-0.2, 0) is 0 Å². The molecule has 112 valence electrons. The lowest BCUT2D eigenvalue weighted by molar-refractivity contribution is 0.0922. The highest BCUT2D eigenvalue weighted by Gasteiger charge is 2.22. The summed E-state index contributed by atoms with van der Waals surface area (Å²) >= 11 is 4.90. The van der Waals surface area contributed by atoms with Gasteiger partial charge in [0.1, 0.15) is 4.88 Å². The molecule has 4 nitrogen and oxygen atoms in total. The summed E-state index contributed by atoms with van der Waals surface area (Å²) in [6.45, 7) is 2.06. The Morgan fingerprint density at radius 1 is 1.43 bits per heavy atom. The first-order chi connectivity index (χ1) is 10.0. The largest absolute Gasteiger partial charge is 0.397 e. The molecule has 21 heavy (non-hydrogen) atoms. The van der Waals surface area contributed by atoms with Crippen molar-refractivity contribution in [3.8, 4) is 0 Å². The Bertz CT molecular complexity index is 677. The summed E-state index contributed by atoms with van der Waals surface area (Å²) < 4.78 is 2.02. The zero-order valence-electron chi connectivity index (χ0n) is 11.9. The van der Waals surface area contributed by atoms with Crippen LogP contribution < -0.4 is 11.1 Å². The molecule has 0 unspecified atom stereocenters. The fourth-order valence-corrected chi connectivity index (χ4v) is 4.03. The van der Waals surface area contributed by atoms with Crippen LogP contribution in [0.15, 0.2) is 22.7 Å². The van der Waals surface area contributed by atoms with Gasteiger partial charge in [0.15, 0.2) is 0 Å². The Morgan fingerprint density at radius 3 is 2.86 bits per heavy atom. The van der Waals surface area contributed by atoms with Crippen LogP contribution in [0.2, 0.25) is 0 Å². The minimum Gasteiger partial charge on any atom is -0.397 e. The highest BCUT2D eigenvalue weighted by Crippen LogP contribution is 2.35. The number of carbonyl (C=O) groups excluding carboxylic acids is 1. The molecule has 3 rings (SSSR count). The van der Waals surface area contributed by atoms with E-state index < -0.39 is 0 Å². The van der Waals surface area contributed by atoms with Crippen LogP contribution in [0, 0.1) is 0 Å². The fraction of sp³-hybridized carbons (Fsp3) is 0.400. The molecule has 0 atom stereocenters. The summed E-state index contributed by atoms with van der Waals surface area (Å²) in [6.07, 6.45) is 2.00. The smallest absolute Gasteiger partial charge is 0.263 e. The van der Waals surface area contributed by atoms with Crippen molar-refractivity contribution >= 4 is 48.9 Å². The van der Waals surface area contributed by atoms with E-state index in [1.807, 2.05) is 18.2 Å². The highest BCUT2D eigenvalue weighted by atomic mass is 79.9. The highest BCUT2D eigenvalue weighted by molar-refractivity contribution is 9.10. The van der Waals surface area contributed by atoms with Gasteiger partial charge in [0.2, 0.25) is 0 Å². The van der Waals surface area contributed by atoms with Gasteiger partial charge in [-0.05, 0) is 51.2 Å². The minimum atomic E-state index is -0.0422. The molecule has 2 aromatic rings.